The highest BCUT2D eigenvalue weighted by atomic mass is 16.5. The number of para-hydroxylation sites is 1. The fourth-order valence-electron chi connectivity index (χ4n) is 2.95. The molecule has 0 fully saturated rings. The summed E-state index contributed by atoms with van der Waals surface area (Å²) in [6.45, 7) is 1.19. The van der Waals surface area contributed by atoms with E-state index in [9.17, 15) is 4.79 Å². The normalized spacial score (nSPS) is 10.4. The molecule has 2 aromatic carbocycles. The zero-order valence-corrected chi connectivity index (χ0v) is 15.7. The van der Waals surface area contributed by atoms with Gasteiger partial charge in [0.2, 0.25) is 0 Å². The van der Waals surface area contributed by atoms with Crippen LogP contribution in [0.15, 0.2) is 79.0 Å². The van der Waals surface area contributed by atoms with Crippen molar-refractivity contribution in [3.63, 3.8) is 0 Å². The summed E-state index contributed by atoms with van der Waals surface area (Å²) in [7, 11) is 0. The van der Waals surface area contributed by atoms with Gasteiger partial charge in [0.15, 0.2) is 0 Å². The largest absolute Gasteiger partial charge is 0.492 e. The lowest BCUT2D eigenvalue weighted by Crippen LogP contribution is -2.24. The molecule has 0 saturated carbocycles. The highest BCUT2D eigenvalue weighted by Crippen LogP contribution is 2.22. The summed E-state index contributed by atoms with van der Waals surface area (Å²) in [5.74, 6) is 0.929. The fourth-order valence-corrected chi connectivity index (χ4v) is 2.95. The van der Waals surface area contributed by atoms with E-state index in [0.717, 1.165) is 29.2 Å². The van der Waals surface area contributed by atoms with Crippen molar-refractivity contribution in [1.29, 1.82) is 0 Å². The molecule has 0 aliphatic heterocycles. The summed E-state index contributed by atoms with van der Waals surface area (Å²) >= 11 is 0. The van der Waals surface area contributed by atoms with Gasteiger partial charge < -0.3 is 14.7 Å². The Morgan fingerprint density at radius 1 is 0.964 bits per heavy atom. The minimum absolute atomic E-state index is 0.196. The van der Waals surface area contributed by atoms with Crippen molar-refractivity contribution < 1.29 is 14.6 Å². The van der Waals surface area contributed by atoms with Gasteiger partial charge in [0.25, 0.3) is 0 Å². The molecule has 0 spiro atoms. The van der Waals surface area contributed by atoms with Crippen LogP contribution in [-0.2, 0) is 11.2 Å². The Balaban J connectivity index is 1.56. The minimum Gasteiger partial charge on any atom is -0.492 e. The minimum atomic E-state index is -0.754. The third-order valence-electron chi connectivity index (χ3n) is 4.36. The highest BCUT2D eigenvalue weighted by molar-refractivity contribution is 5.66. The maximum absolute atomic E-state index is 10.6. The molecule has 0 unspecified atom stereocenters. The number of carboxylic acid groups (broad SMARTS) is 1. The lowest BCUT2D eigenvalue weighted by atomic mass is 10.1. The molecule has 1 aromatic heterocycles. The predicted octanol–water partition coefficient (Wildman–Crippen LogP) is 4.71. The number of hydrogen-bond donors (Lipinski definition) is 1. The number of aliphatic carboxylic acids is 1. The van der Waals surface area contributed by atoms with Crippen LogP contribution >= 0.6 is 0 Å². The van der Waals surface area contributed by atoms with Crippen LogP contribution in [0.2, 0.25) is 0 Å². The van der Waals surface area contributed by atoms with Crippen LogP contribution < -0.4 is 9.64 Å². The van der Waals surface area contributed by atoms with E-state index in [-0.39, 0.29) is 6.42 Å². The third kappa shape index (κ3) is 5.84. The molecule has 0 aliphatic rings. The number of rotatable bonds is 10. The molecular weight excluding hydrogens is 352 g/mol. The molecule has 28 heavy (non-hydrogen) atoms. The Kier molecular flexibility index (Phi) is 7.01. The van der Waals surface area contributed by atoms with E-state index >= 15 is 0 Å². The van der Waals surface area contributed by atoms with Crippen molar-refractivity contribution in [2.45, 2.75) is 19.3 Å². The summed E-state index contributed by atoms with van der Waals surface area (Å²) in [6.07, 6.45) is 3.38. The van der Waals surface area contributed by atoms with Crippen LogP contribution in [0.25, 0.3) is 0 Å². The molecule has 5 nitrogen and oxygen atoms in total. The van der Waals surface area contributed by atoms with Gasteiger partial charge in [-0.1, -0.05) is 36.4 Å². The number of anilines is 2. The van der Waals surface area contributed by atoms with Crippen molar-refractivity contribution in [3.8, 4) is 5.75 Å². The highest BCUT2D eigenvalue weighted by Gasteiger charge is 2.10. The number of benzene rings is 2. The van der Waals surface area contributed by atoms with Gasteiger partial charge in [-0.05, 0) is 54.8 Å². The first-order valence-corrected chi connectivity index (χ1v) is 9.39. The standard InChI is InChI=1S/C23H24N2O3/c26-23(27)11-6-7-19-12-14-21(15-13-19)28-18-17-25(20-8-2-1-3-9-20)22-10-4-5-16-24-22/h1-5,8-10,12-16H,6-7,11,17-18H2,(H,26,27). The van der Waals surface area contributed by atoms with Gasteiger partial charge in [0.05, 0.1) is 6.54 Å². The van der Waals surface area contributed by atoms with Crippen LogP contribution in [0.4, 0.5) is 11.5 Å². The van der Waals surface area contributed by atoms with E-state index in [1.54, 1.807) is 6.20 Å². The fraction of sp³-hybridized carbons (Fsp3) is 0.217. The molecule has 0 radical (unpaired) electrons. The van der Waals surface area contributed by atoms with Gasteiger partial charge in [0.1, 0.15) is 18.2 Å². The Morgan fingerprint density at radius 3 is 2.39 bits per heavy atom. The molecule has 0 amide bonds. The lowest BCUT2D eigenvalue weighted by molar-refractivity contribution is -0.137. The Labute approximate surface area is 165 Å². The number of aromatic nitrogens is 1. The smallest absolute Gasteiger partial charge is 0.303 e. The molecule has 144 valence electrons. The number of nitrogens with zero attached hydrogens (tertiary/aromatic N) is 2. The summed E-state index contributed by atoms with van der Waals surface area (Å²) in [4.78, 5) is 17.2. The van der Waals surface area contributed by atoms with Gasteiger partial charge >= 0.3 is 5.97 Å². The first kappa shape index (κ1) is 19.4. The van der Waals surface area contributed by atoms with Crippen LogP contribution in [0.3, 0.4) is 0 Å². The number of pyridine rings is 1. The number of hydrogen-bond acceptors (Lipinski definition) is 4. The summed E-state index contributed by atoms with van der Waals surface area (Å²) in [5.41, 5.74) is 2.19. The van der Waals surface area contributed by atoms with Gasteiger partial charge in [-0.3, -0.25) is 4.79 Å². The molecule has 0 bridgehead atoms. The van der Waals surface area contributed by atoms with Crippen molar-refractivity contribution in [2.75, 3.05) is 18.1 Å². The second kappa shape index (κ2) is 10.1. The molecule has 1 heterocycles. The Hall–Kier alpha value is -3.34. The van der Waals surface area contributed by atoms with E-state index in [4.69, 9.17) is 9.84 Å². The van der Waals surface area contributed by atoms with Crippen molar-refractivity contribution in [2.24, 2.45) is 0 Å². The van der Waals surface area contributed by atoms with Crippen molar-refractivity contribution >= 4 is 17.5 Å². The summed E-state index contributed by atoms with van der Waals surface area (Å²) in [6, 6.07) is 23.8. The first-order chi connectivity index (χ1) is 13.7. The van der Waals surface area contributed by atoms with Crippen LogP contribution in [-0.4, -0.2) is 29.2 Å². The SMILES string of the molecule is O=C(O)CCCc1ccc(OCCN(c2ccccc2)c2ccccn2)cc1. The van der Waals surface area contributed by atoms with Gasteiger partial charge in [-0.25, -0.2) is 4.98 Å². The molecule has 0 atom stereocenters. The average molecular weight is 376 g/mol. The van der Waals surface area contributed by atoms with E-state index in [1.165, 1.54) is 0 Å². The van der Waals surface area contributed by atoms with Gasteiger partial charge in [-0.2, -0.15) is 0 Å². The number of aryl methyl sites for hydroxylation is 1. The Morgan fingerprint density at radius 2 is 1.71 bits per heavy atom. The zero-order chi connectivity index (χ0) is 19.6. The molecule has 3 rings (SSSR count). The molecule has 1 N–H and O–H groups in total. The van der Waals surface area contributed by atoms with Crippen LogP contribution in [0.5, 0.6) is 5.75 Å². The third-order valence-corrected chi connectivity index (χ3v) is 4.36. The summed E-state index contributed by atoms with van der Waals surface area (Å²) in [5, 5.41) is 8.71. The average Bonchev–Trinajstić information content (AvgIpc) is 2.73. The second-order valence-electron chi connectivity index (χ2n) is 6.41. The number of carbonyl (C=O) groups is 1. The van der Waals surface area contributed by atoms with Crippen molar-refractivity contribution in [3.05, 3.63) is 84.6 Å². The molecular formula is C23H24N2O3. The van der Waals surface area contributed by atoms with E-state index in [0.29, 0.717) is 19.6 Å². The lowest BCUT2D eigenvalue weighted by Gasteiger charge is -2.23. The van der Waals surface area contributed by atoms with E-state index in [2.05, 4.69) is 22.0 Å². The predicted molar refractivity (Wildman–Crippen MR) is 110 cm³/mol. The molecule has 3 aromatic rings. The Bertz CT molecular complexity index is 813. The monoisotopic (exact) mass is 376 g/mol. The molecule has 0 aliphatic carbocycles. The zero-order valence-electron chi connectivity index (χ0n) is 15.7. The maximum atomic E-state index is 10.6. The van der Waals surface area contributed by atoms with E-state index in [1.807, 2.05) is 60.7 Å². The summed E-state index contributed by atoms with van der Waals surface area (Å²) < 4.78 is 5.91. The van der Waals surface area contributed by atoms with Crippen molar-refractivity contribution in [1.82, 2.24) is 4.98 Å². The molecule has 5 heteroatoms. The first-order valence-electron chi connectivity index (χ1n) is 9.39. The van der Waals surface area contributed by atoms with E-state index < -0.39 is 5.97 Å². The second-order valence-corrected chi connectivity index (χ2v) is 6.41. The maximum Gasteiger partial charge on any atom is 0.303 e. The van der Waals surface area contributed by atoms with Crippen LogP contribution in [0.1, 0.15) is 18.4 Å². The number of ether oxygens (including phenoxy) is 1. The van der Waals surface area contributed by atoms with Crippen LogP contribution in [0, 0.1) is 0 Å². The number of carboxylic acids is 1. The molecule has 0 saturated heterocycles. The van der Waals surface area contributed by atoms with Gasteiger partial charge in [0, 0.05) is 18.3 Å². The van der Waals surface area contributed by atoms with Gasteiger partial charge in [-0.15, -0.1) is 0 Å². The topological polar surface area (TPSA) is 62.7 Å². The quantitative estimate of drug-likeness (QED) is 0.555.